The van der Waals surface area contributed by atoms with Gasteiger partial charge in [-0.05, 0) is 37.8 Å². The van der Waals surface area contributed by atoms with E-state index in [2.05, 4.69) is 29.8 Å². The summed E-state index contributed by atoms with van der Waals surface area (Å²) in [6.07, 6.45) is 6.52. The highest BCUT2D eigenvalue weighted by Gasteiger charge is 2.40. The van der Waals surface area contributed by atoms with E-state index in [1.54, 1.807) is 12.3 Å². The Morgan fingerprint density at radius 2 is 2.24 bits per heavy atom. The first kappa shape index (κ1) is 10.9. The van der Waals surface area contributed by atoms with Crippen molar-refractivity contribution in [3.8, 4) is 0 Å². The van der Waals surface area contributed by atoms with Crippen molar-refractivity contribution in [2.75, 3.05) is 6.54 Å². The van der Waals surface area contributed by atoms with Gasteiger partial charge in [0.2, 0.25) is 0 Å². The van der Waals surface area contributed by atoms with Crippen LogP contribution in [0.2, 0.25) is 0 Å². The third kappa shape index (κ3) is 1.78. The minimum atomic E-state index is -0.248. The molecule has 1 aromatic heterocycles. The highest BCUT2D eigenvalue weighted by molar-refractivity contribution is 5.72. The second kappa shape index (κ2) is 3.91. The van der Waals surface area contributed by atoms with Gasteiger partial charge < -0.3 is 0 Å². The molecule has 2 atom stereocenters. The Hall–Kier alpha value is -1.22. The number of fused-ring (bicyclic) bond motifs is 2. The quantitative estimate of drug-likeness (QED) is 0.779. The smallest absolute Gasteiger partial charge is 0.142 e. The third-order valence-corrected chi connectivity index (χ3v) is 3.85. The van der Waals surface area contributed by atoms with Crippen molar-refractivity contribution in [2.45, 2.75) is 32.4 Å². The van der Waals surface area contributed by atoms with Crippen LogP contribution in [0.1, 0.15) is 25.8 Å². The molecule has 0 spiro atoms. The largest absolute Gasteiger partial charge is 0.293 e. The van der Waals surface area contributed by atoms with Crippen molar-refractivity contribution >= 4 is 5.57 Å². The fourth-order valence-electron chi connectivity index (χ4n) is 3.12. The molecule has 2 bridgehead atoms. The number of nitrogens with zero attached hydrogens (tertiary/aromatic N) is 2. The maximum Gasteiger partial charge on any atom is 0.142 e. The minimum absolute atomic E-state index is 0.248. The lowest BCUT2D eigenvalue weighted by molar-refractivity contribution is 0.231. The first-order valence-electron chi connectivity index (χ1n) is 6.23. The zero-order valence-electron chi connectivity index (χ0n) is 10.2. The van der Waals surface area contributed by atoms with E-state index in [-0.39, 0.29) is 5.82 Å². The fourth-order valence-corrected chi connectivity index (χ4v) is 3.12. The lowest BCUT2D eigenvalue weighted by Gasteiger charge is -2.31. The molecule has 2 heterocycles. The Balaban J connectivity index is 1.93. The molecule has 0 radical (unpaired) electrons. The van der Waals surface area contributed by atoms with Crippen LogP contribution in [0, 0.1) is 11.7 Å². The van der Waals surface area contributed by atoms with Crippen molar-refractivity contribution < 1.29 is 4.39 Å². The first-order chi connectivity index (χ1) is 8.15. The third-order valence-electron chi connectivity index (χ3n) is 3.85. The number of pyridine rings is 1. The first-order valence-corrected chi connectivity index (χ1v) is 6.23. The molecule has 1 fully saturated rings. The average molecular weight is 232 g/mol. The van der Waals surface area contributed by atoms with Crippen LogP contribution in [-0.4, -0.2) is 28.5 Å². The van der Waals surface area contributed by atoms with E-state index in [0.29, 0.717) is 18.0 Å². The number of hydrogen-bond donors (Lipinski definition) is 0. The minimum Gasteiger partial charge on any atom is -0.293 e. The summed E-state index contributed by atoms with van der Waals surface area (Å²) in [6.45, 7) is 5.60. The number of aromatic nitrogens is 1. The second-order valence-corrected chi connectivity index (χ2v) is 5.32. The van der Waals surface area contributed by atoms with Crippen LogP contribution >= 0.6 is 0 Å². The molecule has 2 nitrogen and oxygen atoms in total. The zero-order chi connectivity index (χ0) is 12.0. The highest BCUT2D eigenvalue weighted by Crippen LogP contribution is 2.42. The van der Waals surface area contributed by atoms with Crippen molar-refractivity contribution in [2.24, 2.45) is 5.92 Å². The van der Waals surface area contributed by atoms with E-state index in [1.165, 1.54) is 18.2 Å². The highest BCUT2D eigenvalue weighted by atomic mass is 19.1. The molecule has 1 aliphatic carbocycles. The maximum atomic E-state index is 13.2. The Morgan fingerprint density at radius 1 is 1.41 bits per heavy atom. The van der Waals surface area contributed by atoms with Crippen molar-refractivity contribution in [3.63, 3.8) is 0 Å². The summed E-state index contributed by atoms with van der Waals surface area (Å²) in [6, 6.07) is 2.61. The van der Waals surface area contributed by atoms with E-state index in [4.69, 9.17) is 0 Å². The SMILES string of the molecule is CC(C)N1CC2C=C(c3cncc(F)c3)C1C2. The molecule has 2 aliphatic rings. The number of halogens is 1. The molecule has 3 heteroatoms. The van der Waals surface area contributed by atoms with Crippen molar-refractivity contribution in [1.82, 2.24) is 9.88 Å². The van der Waals surface area contributed by atoms with E-state index < -0.39 is 0 Å². The molecular formula is C14H17FN2. The van der Waals surface area contributed by atoms with Crippen LogP contribution in [0.5, 0.6) is 0 Å². The van der Waals surface area contributed by atoms with Gasteiger partial charge in [0.25, 0.3) is 0 Å². The van der Waals surface area contributed by atoms with E-state index in [9.17, 15) is 4.39 Å². The van der Waals surface area contributed by atoms with Gasteiger partial charge in [-0.25, -0.2) is 4.39 Å². The standard InChI is InChI=1S/C14H17FN2/c1-9(2)17-8-10-3-13(14(17)4-10)11-5-12(15)7-16-6-11/h3,5-7,9-10,14H,4,8H2,1-2H3. The van der Waals surface area contributed by atoms with E-state index >= 15 is 0 Å². The summed E-state index contributed by atoms with van der Waals surface area (Å²) < 4.78 is 13.2. The summed E-state index contributed by atoms with van der Waals surface area (Å²) in [5.41, 5.74) is 2.21. The number of hydrogen-bond acceptors (Lipinski definition) is 2. The van der Waals surface area contributed by atoms with Crippen LogP contribution in [0.3, 0.4) is 0 Å². The summed E-state index contributed by atoms with van der Waals surface area (Å²) in [4.78, 5) is 6.45. The van der Waals surface area contributed by atoms with Gasteiger partial charge in [-0.15, -0.1) is 0 Å². The summed E-state index contributed by atoms with van der Waals surface area (Å²) in [5.74, 6) is 0.392. The van der Waals surface area contributed by atoms with Gasteiger partial charge in [-0.1, -0.05) is 6.08 Å². The topological polar surface area (TPSA) is 16.1 Å². The molecule has 0 amide bonds. The van der Waals surface area contributed by atoms with Gasteiger partial charge in [-0.3, -0.25) is 9.88 Å². The van der Waals surface area contributed by atoms with Gasteiger partial charge in [-0.2, -0.15) is 0 Å². The number of rotatable bonds is 2. The molecule has 2 unspecified atom stereocenters. The Labute approximate surface area is 101 Å². The van der Waals surface area contributed by atoms with Crippen LogP contribution in [0.4, 0.5) is 4.39 Å². The summed E-state index contributed by atoms with van der Waals surface area (Å²) in [5, 5.41) is 0. The van der Waals surface area contributed by atoms with Gasteiger partial charge in [0.1, 0.15) is 5.82 Å². The second-order valence-electron chi connectivity index (χ2n) is 5.32. The van der Waals surface area contributed by atoms with Crippen molar-refractivity contribution in [1.29, 1.82) is 0 Å². The maximum absolute atomic E-state index is 13.2. The molecule has 1 saturated heterocycles. The monoisotopic (exact) mass is 232 g/mol. The van der Waals surface area contributed by atoms with Crippen LogP contribution in [-0.2, 0) is 0 Å². The van der Waals surface area contributed by atoms with Gasteiger partial charge >= 0.3 is 0 Å². The Bertz CT molecular complexity index is 467. The molecule has 1 aliphatic heterocycles. The van der Waals surface area contributed by atoms with Gasteiger partial charge in [0.15, 0.2) is 0 Å². The lowest BCUT2D eigenvalue weighted by Crippen LogP contribution is -2.37. The van der Waals surface area contributed by atoms with Gasteiger partial charge in [0.05, 0.1) is 6.20 Å². The molecular weight excluding hydrogens is 215 g/mol. The van der Waals surface area contributed by atoms with Gasteiger partial charge in [0, 0.05) is 30.4 Å². The van der Waals surface area contributed by atoms with E-state index in [1.807, 2.05) is 0 Å². The summed E-state index contributed by atoms with van der Waals surface area (Å²) in [7, 11) is 0. The van der Waals surface area contributed by atoms with Crippen molar-refractivity contribution in [3.05, 3.63) is 35.9 Å². The molecule has 3 rings (SSSR count). The molecule has 17 heavy (non-hydrogen) atoms. The summed E-state index contributed by atoms with van der Waals surface area (Å²) >= 11 is 0. The Morgan fingerprint density at radius 3 is 2.88 bits per heavy atom. The number of likely N-dealkylation sites (tertiary alicyclic amines) is 1. The zero-order valence-corrected chi connectivity index (χ0v) is 10.2. The average Bonchev–Trinajstić information content (AvgIpc) is 2.88. The molecule has 0 N–H and O–H groups in total. The normalized spacial score (nSPS) is 27.9. The fraction of sp³-hybridized carbons (Fsp3) is 0.500. The Kier molecular flexibility index (Phi) is 2.51. The van der Waals surface area contributed by atoms with E-state index in [0.717, 1.165) is 12.1 Å². The predicted molar refractivity (Wildman–Crippen MR) is 65.9 cm³/mol. The predicted octanol–water partition coefficient (Wildman–Crippen LogP) is 2.72. The molecule has 1 aromatic rings. The molecule has 0 saturated carbocycles. The van der Waals surface area contributed by atoms with Crippen LogP contribution in [0.25, 0.3) is 5.57 Å². The molecule has 90 valence electrons. The van der Waals surface area contributed by atoms with Crippen LogP contribution in [0.15, 0.2) is 24.5 Å². The lowest BCUT2D eigenvalue weighted by atomic mass is 10.0. The van der Waals surface area contributed by atoms with Crippen LogP contribution < -0.4 is 0 Å². The molecule has 0 aromatic carbocycles.